The molecule has 0 fully saturated rings. The number of nitrogens with one attached hydrogen (secondary N) is 2. The number of aryl methyl sites for hydroxylation is 1. The van der Waals surface area contributed by atoms with E-state index >= 15 is 0 Å². The van der Waals surface area contributed by atoms with Crippen molar-refractivity contribution in [3.63, 3.8) is 0 Å². The van der Waals surface area contributed by atoms with Crippen LogP contribution in [-0.2, 0) is 11.2 Å². The molecule has 0 bridgehead atoms. The highest BCUT2D eigenvalue weighted by atomic mass is 16.1. The largest absolute Gasteiger partial charge is 0.356 e. The molecule has 1 atom stereocenters. The van der Waals surface area contributed by atoms with Gasteiger partial charge in [0.1, 0.15) is 0 Å². The van der Waals surface area contributed by atoms with Gasteiger partial charge >= 0.3 is 0 Å². The van der Waals surface area contributed by atoms with Crippen LogP contribution in [0.3, 0.4) is 0 Å². The van der Waals surface area contributed by atoms with Crippen LogP contribution in [0.25, 0.3) is 0 Å². The first-order valence-corrected chi connectivity index (χ1v) is 7.71. The fraction of sp³-hybridized carbons (Fsp3) is 0.500. The highest BCUT2D eigenvalue weighted by Crippen LogP contribution is 2.19. The second-order valence-corrected chi connectivity index (χ2v) is 5.78. The first-order chi connectivity index (χ1) is 10.9. The third-order valence-corrected chi connectivity index (χ3v) is 3.85. The topological polar surface area (TPSA) is 92.7 Å². The van der Waals surface area contributed by atoms with E-state index in [1.165, 1.54) is 6.92 Å². The average Bonchev–Trinajstić information content (AvgIpc) is 3.06. The predicted octanol–water partition coefficient (Wildman–Crippen LogP) is 1.74. The number of rotatable bonds is 7. The summed E-state index contributed by atoms with van der Waals surface area (Å²) in [7, 11) is 0. The van der Waals surface area contributed by atoms with Crippen molar-refractivity contribution < 1.29 is 9.59 Å². The Morgan fingerprint density at radius 3 is 2.70 bits per heavy atom. The number of hydrogen-bond donors (Lipinski definition) is 2. The number of nitrogens with zero attached hydrogens (tertiary/aromatic N) is 3. The fourth-order valence-electron chi connectivity index (χ4n) is 2.79. The van der Waals surface area contributed by atoms with Crippen LogP contribution in [0.5, 0.6) is 0 Å². The fourth-order valence-corrected chi connectivity index (χ4v) is 2.79. The van der Waals surface area contributed by atoms with Gasteiger partial charge in [-0.1, -0.05) is 0 Å². The van der Waals surface area contributed by atoms with Gasteiger partial charge in [-0.2, -0.15) is 10.2 Å². The molecule has 1 amide bonds. The zero-order valence-corrected chi connectivity index (χ0v) is 14.0. The summed E-state index contributed by atoms with van der Waals surface area (Å²) >= 11 is 0. The Morgan fingerprint density at radius 1 is 1.39 bits per heavy atom. The summed E-state index contributed by atoms with van der Waals surface area (Å²) < 4.78 is 1.76. The molecule has 2 aromatic rings. The van der Waals surface area contributed by atoms with Crippen LogP contribution < -0.4 is 5.32 Å². The molecule has 23 heavy (non-hydrogen) atoms. The molecule has 0 aliphatic carbocycles. The molecule has 2 aromatic heterocycles. The Morgan fingerprint density at radius 2 is 2.13 bits per heavy atom. The van der Waals surface area contributed by atoms with E-state index in [4.69, 9.17) is 0 Å². The van der Waals surface area contributed by atoms with Crippen molar-refractivity contribution in [1.82, 2.24) is 25.3 Å². The van der Waals surface area contributed by atoms with Crippen molar-refractivity contribution in [1.29, 1.82) is 0 Å². The Hall–Kier alpha value is -2.44. The van der Waals surface area contributed by atoms with Crippen molar-refractivity contribution in [2.75, 3.05) is 6.54 Å². The number of ketones is 1. The van der Waals surface area contributed by atoms with Gasteiger partial charge in [-0.05, 0) is 33.8 Å². The predicted molar refractivity (Wildman–Crippen MR) is 86.3 cm³/mol. The van der Waals surface area contributed by atoms with Gasteiger partial charge in [0.15, 0.2) is 5.78 Å². The van der Waals surface area contributed by atoms with Crippen LogP contribution >= 0.6 is 0 Å². The summed E-state index contributed by atoms with van der Waals surface area (Å²) in [5, 5.41) is 14.0. The number of carbonyl (C=O) groups excluding carboxylic acids is 2. The second-order valence-electron chi connectivity index (χ2n) is 5.78. The maximum absolute atomic E-state index is 12.0. The van der Waals surface area contributed by atoms with Crippen LogP contribution in [0.4, 0.5) is 0 Å². The van der Waals surface area contributed by atoms with E-state index in [0.717, 1.165) is 11.4 Å². The van der Waals surface area contributed by atoms with E-state index in [2.05, 4.69) is 20.6 Å². The van der Waals surface area contributed by atoms with E-state index in [9.17, 15) is 9.59 Å². The molecular weight excluding hydrogens is 294 g/mol. The van der Waals surface area contributed by atoms with Gasteiger partial charge in [-0.25, -0.2) is 0 Å². The number of hydrogen-bond acceptors (Lipinski definition) is 4. The summed E-state index contributed by atoms with van der Waals surface area (Å²) in [5.41, 5.74) is 3.16. The molecule has 124 valence electrons. The molecule has 7 nitrogen and oxygen atoms in total. The minimum absolute atomic E-state index is 0.00228. The van der Waals surface area contributed by atoms with Crippen molar-refractivity contribution in [3.05, 3.63) is 34.9 Å². The summed E-state index contributed by atoms with van der Waals surface area (Å²) in [6, 6.07) is 1.78. The molecular formula is C16H23N5O2. The first-order valence-electron chi connectivity index (χ1n) is 7.71. The van der Waals surface area contributed by atoms with Gasteiger partial charge in [0, 0.05) is 37.0 Å². The van der Waals surface area contributed by atoms with Crippen molar-refractivity contribution in [2.24, 2.45) is 0 Å². The van der Waals surface area contributed by atoms with Gasteiger partial charge in [-0.3, -0.25) is 19.4 Å². The van der Waals surface area contributed by atoms with Crippen molar-refractivity contribution in [3.8, 4) is 0 Å². The number of carbonyl (C=O) groups is 2. The van der Waals surface area contributed by atoms with Crippen LogP contribution in [0, 0.1) is 13.8 Å². The van der Waals surface area contributed by atoms with E-state index in [1.54, 1.807) is 10.9 Å². The molecule has 0 aliphatic heterocycles. The number of aromatic nitrogens is 4. The second kappa shape index (κ2) is 7.21. The number of Topliss-reactive ketones (excluding diaryl/α,β-unsaturated/α-hetero) is 1. The van der Waals surface area contributed by atoms with Gasteiger partial charge in [-0.15, -0.1) is 0 Å². The lowest BCUT2D eigenvalue weighted by Gasteiger charge is -2.14. The summed E-state index contributed by atoms with van der Waals surface area (Å²) in [5.74, 6) is -0.0311. The first kappa shape index (κ1) is 16.9. The highest BCUT2D eigenvalue weighted by molar-refractivity contribution is 5.96. The maximum atomic E-state index is 12.0. The third kappa shape index (κ3) is 4.06. The van der Waals surface area contributed by atoms with E-state index < -0.39 is 0 Å². The molecule has 7 heteroatoms. The molecule has 2 rings (SSSR count). The molecule has 0 radical (unpaired) electrons. The molecule has 0 aromatic carbocycles. The van der Waals surface area contributed by atoms with E-state index in [1.807, 2.05) is 26.8 Å². The number of aromatic amines is 1. The Kier molecular flexibility index (Phi) is 5.31. The van der Waals surface area contributed by atoms with E-state index in [0.29, 0.717) is 30.6 Å². The van der Waals surface area contributed by atoms with Crippen LogP contribution in [-0.4, -0.2) is 38.2 Å². The molecule has 2 N–H and O–H groups in total. The molecule has 2 heterocycles. The van der Waals surface area contributed by atoms with Crippen LogP contribution in [0.15, 0.2) is 12.3 Å². The molecule has 0 saturated heterocycles. The van der Waals surface area contributed by atoms with Gasteiger partial charge in [0.05, 0.1) is 17.3 Å². The number of H-pyrrole nitrogens is 1. The van der Waals surface area contributed by atoms with Crippen LogP contribution in [0.1, 0.15) is 53.7 Å². The zero-order chi connectivity index (χ0) is 17.0. The summed E-state index contributed by atoms with van der Waals surface area (Å²) in [6.07, 6.45) is 2.73. The molecule has 0 spiro atoms. The summed E-state index contributed by atoms with van der Waals surface area (Å²) in [6.45, 7) is 7.70. The van der Waals surface area contributed by atoms with Gasteiger partial charge in [0.25, 0.3) is 0 Å². The quantitative estimate of drug-likeness (QED) is 0.761. The standard InChI is InChI=1S/C16H23N5O2/c1-10(21-12(3)16(13(4)22)11(2)20-21)9-15(23)17-7-5-14-6-8-18-19-14/h6,8,10H,5,7,9H2,1-4H3,(H,17,23)(H,18,19). The van der Waals surface area contributed by atoms with Crippen LogP contribution in [0.2, 0.25) is 0 Å². The lowest BCUT2D eigenvalue weighted by Crippen LogP contribution is -2.28. The van der Waals surface area contributed by atoms with Crippen molar-refractivity contribution in [2.45, 2.75) is 46.6 Å². The monoisotopic (exact) mass is 317 g/mol. The number of amides is 1. The lowest BCUT2D eigenvalue weighted by molar-refractivity contribution is -0.121. The third-order valence-electron chi connectivity index (χ3n) is 3.85. The Labute approximate surface area is 135 Å². The maximum Gasteiger partial charge on any atom is 0.222 e. The van der Waals surface area contributed by atoms with Gasteiger partial charge < -0.3 is 5.32 Å². The highest BCUT2D eigenvalue weighted by Gasteiger charge is 2.20. The normalized spacial score (nSPS) is 12.2. The summed E-state index contributed by atoms with van der Waals surface area (Å²) in [4.78, 5) is 23.7. The molecule has 1 unspecified atom stereocenters. The van der Waals surface area contributed by atoms with E-state index in [-0.39, 0.29) is 17.7 Å². The minimum Gasteiger partial charge on any atom is -0.356 e. The molecule has 0 saturated carbocycles. The molecule has 0 aliphatic rings. The Bertz CT molecular complexity index is 688. The lowest BCUT2D eigenvalue weighted by atomic mass is 10.1. The smallest absolute Gasteiger partial charge is 0.222 e. The van der Waals surface area contributed by atoms with Gasteiger partial charge in [0.2, 0.25) is 5.91 Å². The Balaban J connectivity index is 1.91. The SMILES string of the molecule is CC(=O)c1c(C)nn(C(C)CC(=O)NCCc2ccn[nH]2)c1C. The van der Waals surface area contributed by atoms with Crippen molar-refractivity contribution >= 4 is 11.7 Å². The minimum atomic E-state index is -0.103. The average molecular weight is 317 g/mol. The zero-order valence-electron chi connectivity index (χ0n) is 14.0.